The molecule has 0 aromatic heterocycles. The van der Waals surface area contributed by atoms with Gasteiger partial charge in [-0.3, -0.25) is 15.0 Å². The number of amidine groups is 1. The Morgan fingerprint density at radius 3 is 2.78 bits per heavy atom. The van der Waals surface area contributed by atoms with E-state index in [2.05, 4.69) is 5.32 Å². The molecular weight excluding hydrogens is 411 g/mol. The van der Waals surface area contributed by atoms with Crippen molar-refractivity contribution in [3.8, 4) is 5.75 Å². The van der Waals surface area contributed by atoms with Crippen LogP contribution in [0.5, 0.6) is 5.75 Å². The average molecular weight is 441 g/mol. The first kappa shape index (κ1) is 23.2. The fraction of sp³-hybridized carbons (Fsp3) is 0.375. The topological polar surface area (TPSA) is 109 Å². The maximum absolute atomic E-state index is 14.8. The Morgan fingerprint density at radius 1 is 1.25 bits per heavy atom. The number of rotatable bonds is 8. The van der Waals surface area contributed by atoms with E-state index in [9.17, 15) is 14.0 Å². The molecule has 1 aliphatic rings. The van der Waals surface area contributed by atoms with Crippen molar-refractivity contribution >= 4 is 29.0 Å². The quantitative estimate of drug-likeness (QED) is 0.422. The molecule has 0 spiro atoms. The summed E-state index contributed by atoms with van der Waals surface area (Å²) in [6, 6.07) is 11.0. The van der Waals surface area contributed by atoms with Crippen LogP contribution in [0.4, 0.5) is 15.8 Å². The molecular formula is C24H29FN4O3. The number of carbonyl (C=O) groups excluding carboxylic acids is 2. The van der Waals surface area contributed by atoms with Crippen LogP contribution in [0.15, 0.2) is 42.5 Å². The van der Waals surface area contributed by atoms with Gasteiger partial charge in [0.2, 0.25) is 5.91 Å². The number of nitrogen functional groups attached to an aromatic ring is 1. The number of ether oxygens (including phenoxy) is 1. The van der Waals surface area contributed by atoms with Crippen molar-refractivity contribution < 1.29 is 18.7 Å². The lowest BCUT2D eigenvalue weighted by Crippen LogP contribution is -2.33. The number of halogens is 1. The summed E-state index contributed by atoms with van der Waals surface area (Å²) < 4.78 is 20.6. The highest BCUT2D eigenvalue weighted by Gasteiger charge is 2.23. The molecule has 1 heterocycles. The Labute approximate surface area is 187 Å². The minimum Gasteiger partial charge on any atom is -0.481 e. The van der Waals surface area contributed by atoms with Gasteiger partial charge in [0.25, 0.3) is 5.91 Å². The Kier molecular flexibility index (Phi) is 7.81. The molecule has 4 N–H and O–H groups in total. The SMILES string of the molecule is CCCC(Oc1cccc(C(=N)N)c1)C(=O)Nc1ccc(N2CCCCCC2=O)c(F)c1. The zero-order valence-corrected chi connectivity index (χ0v) is 18.2. The molecule has 32 heavy (non-hydrogen) atoms. The summed E-state index contributed by atoms with van der Waals surface area (Å²) in [5, 5.41) is 10.3. The number of amides is 2. The molecule has 1 atom stereocenters. The van der Waals surface area contributed by atoms with Gasteiger partial charge in [-0.15, -0.1) is 0 Å². The van der Waals surface area contributed by atoms with Crippen LogP contribution in [0.1, 0.15) is 51.0 Å². The van der Waals surface area contributed by atoms with Gasteiger partial charge in [0, 0.05) is 24.2 Å². The number of hydrogen-bond donors (Lipinski definition) is 3. The number of anilines is 2. The lowest BCUT2D eigenvalue weighted by molar-refractivity contribution is -0.123. The van der Waals surface area contributed by atoms with Crippen molar-refractivity contribution in [2.24, 2.45) is 5.73 Å². The molecule has 1 unspecified atom stereocenters. The van der Waals surface area contributed by atoms with Crippen LogP contribution < -0.4 is 20.7 Å². The average Bonchev–Trinajstić information content (AvgIpc) is 2.98. The predicted octanol–water partition coefficient (Wildman–Crippen LogP) is 4.20. The summed E-state index contributed by atoms with van der Waals surface area (Å²) in [7, 11) is 0. The molecule has 2 amide bonds. The minimum absolute atomic E-state index is 0.0811. The van der Waals surface area contributed by atoms with Gasteiger partial charge in [-0.25, -0.2) is 4.39 Å². The van der Waals surface area contributed by atoms with Crippen molar-refractivity contribution in [2.75, 3.05) is 16.8 Å². The summed E-state index contributed by atoms with van der Waals surface area (Å²) in [5.74, 6) is -0.710. The van der Waals surface area contributed by atoms with E-state index >= 15 is 0 Å². The second kappa shape index (κ2) is 10.7. The zero-order valence-electron chi connectivity index (χ0n) is 18.2. The Hall–Kier alpha value is -3.42. The maximum atomic E-state index is 14.8. The molecule has 0 aliphatic carbocycles. The number of nitrogens with two attached hydrogens (primary N) is 1. The van der Waals surface area contributed by atoms with Crippen LogP contribution in [0, 0.1) is 11.2 Å². The molecule has 170 valence electrons. The van der Waals surface area contributed by atoms with E-state index in [0.29, 0.717) is 42.8 Å². The van der Waals surface area contributed by atoms with Crippen molar-refractivity contribution in [1.29, 1.82) is 5.41 Å². The van der Waals surface area contributed by atoms with Crippen molar-refractivity contribution in [3.05, 3.63) is 53.8 Å². The summed E-state index contributed by atoms with van der Waals surface area (Å²) in [6.07, 6.45) is 3.39. The molecule has 2 aromatic rings. The van der Waals surface area contributed by atoms with Crippen molar-refractivity contribution in [3.63, 3.8) is 0 Å². The summed E-state index contributed by atoms with van der Waals surface area (Å²) in [6.45, 7) is 2.43. The van der Waals surface area contributed by atoms with Crippen LogP contribution in [0.25, 0.3) is 0 Å². The van der Waals surface area contributed by atoms with Gasteiger partial charge in [0.1, 0.15) is 17.4 Å². The monoisotopic (exact) mass is 440 g/mol. The Balaban J connectivity index is 1.72. The summed E-state index contributed by atoms with van der Waals surface area (Å²) >= 11 is 0. The second-order valence-electron chi connectivity index (χ2n) is 7.85. The van der Waals surface area contributed by atoms with Gasteiger partial charge in [-0.1, -0.05) is 31.9 Å². The van der Waals surface area contributed by atoms with Crippen molar-refractivity contribution in [1.82, 2.24) is 0 Å². The van der Waals surface area contributed by atoms with E-state index in [1.807, 2.05) is 6.92 Å². The molecule has 0 bridgehead atoms. The fourth-order valence-corrected chi connectivity index (χ4v) is 3.67. The van der Waals surface area contributed by atoms with E-state index in [4.69, 9.17) is 15.9 Å². The van der Waals surface area contributed by atoms with Gasteiger partial charge in [-0.2, -0.15) is 0 Å². The highest BCUT2D eigenvalue weighted by atomic mass is 19.1. The van der Waals surface area contributed by atoms with Gasteiger partial charge in [0.05, 0.1) is 5.69 Å². The second-order valence-corrected chi connectivity index (χ2v) is 7.85. The minimum atomic E-state index is -0.794. The van der Waals surface area contributed by atoms with Crippen LogP contribution in [0.3, 0.4) is 0 Å². The van der Waals surface area contributed by atoms with E-state index < -0.39 is 17.8 Å². The molecule has 8 heteroatoms. The first-order valence-corrected chi connectivity index (χ1v) is 10.9. The number of benzene rings is 2. The van der Waals surface area contributed by atoms with Gasteiger partial charge in [-0.05, 0) is 49.6 Å². The molecule has 1 fully saturated rings. The predicted molar refractivity (Wildman–Crippen MR) is 123 cm³/mol. The smallest absolute Gasteiger partial charge is 0.265 e. The molecule has 1 saturated heterocycles. The third-order valence-electron chi connectivity index (χ3n) is 5.35. The van der Waals surface area contributed by atoms with Crippen LogP contribution in [-0.4, -0.2) is 30.3 Å². The number of carbonyl (C=O) groups is 2. The molecule has 0 saturated carbocycles. The third-order valence-corrected chi connectivity index (χ3v) is 5.35. The number of nitrogens with one attached hydrogen (secondary N) is 2. The van der Waals surface area contributed by atoms with Gasteiger partial charge < -0.3 is 20.7 Å². The van der Waals surface area contributed by atoms with Gasteiger partial charge >= 0.3 is 0 Å². The zero-order chi connectivity index (χ0) is 23.1. The lowest BCUT2D eigenvalue weighted by Gasteiger charge is -2.22. The van der Waals surface area contributed by atoms with Crippen LogP contribution in [-0.2, 0) is 9.59 Å². The first-order valence-electron chi connectivity index (χ1n) is 10.9. The van der Waals surface area contributed by atoms with E-state index in [1.165, 1.54) is 17.0 Å². The Morgan fingerprint density at radius 2 is 2.06 bits per heavy atom. The van der Waals surface area contributed by atoms with Gasteiger partial charge in [0.15, 0.2) is 6.10 Å². The molecule has 3 rings (SSSR count). The van der Waals surface area contributed by atoms with Crippen LogP contribution >= 0.6 is 0 Å². The molecule has 1 aliphatic heterocycles. The first-order chi connectivity index (χ1) is 15.4. The van der Waals surface area contributed by atoms with E-state index in [1.54, 1.807) is 30.3 Å². The molecule has 0 radical (unpaired) electrons. The van der Waals surface area contributed by atoms with Crippen LogP contribution in [0.2, 0.25) is 0 Å². The Bertz CT molecular complexity index is 995. The third kappa shape index (κ3) is 5.84. The number of hydrogen-bond acceptors (Lipinski definition) is 4. The largest absolute Gasteiger partial charge is 0.481 e. The molecule has 2 aromatic carbocycles. The van der Waals surface area contributed by atoms with E-state index in [0.717, 1.165) is 19.3 Å². The fourth-order valence-electron chi connectivity index (χ4n) is 3.67. The summed E-state index contributed by atoms with van der Waals surface area (Å²) in [5.41, 5.74) is 6.54. The summed E-state index contributed by atoms with van der Waals surface area (Å²) in [4.78, 5) is 26.6. The van der Waals surface area contributed by atoms with E-state index in [-0.39, 0.29) is 17.4 Å². The highest BCUT2D eigenvalue weighted by molar-refractivity contribution is 5.97. The maximum Gasteiger partial charge on any atom is 0.265 e. The number of nitrogens with zero attached hydrogens (tertiary/aromatic N) is 1. The normalized spacial score (nSPS) is 15.1. The highest BCUT2D eigenvalue weighted by Crippen LogP contribution is 2.26. The lowest BCUT2D eigenvalue weighted by atomic mass is 10.1. The van der Waals surface area contributed by atoms with Crippen molar-refractivity contribution in [2.45, 2.75) is 51.6 Å². The standard InChI is InChI=1S/C24H29FN4O3/c1-2-7-21(32-18-9-6-8-16(14-18)23(26)27)24(31)28-17-11-12-20(19(25)15-17)29-13-5-3-4-10-22(29)30/h6,8-9,11-12,14-15,21H,2-5,7,10,13H2,1H3,(H3,26,27)(H,28,31). The molecule has 7 nitrogen and oxygen atoms in total.